The van der Waals surface area contributed by atoms with Crippen LogP contribution in [0.3, 0.4) is 0 Å². The van der Waals surface area contributed by atoms with Crippen LogP contribution in [0, 0.1) is 19.7 Å². The second-order valence-electron chi connectivity index (χ2n) is 4.60. The number of Topliss-reactive ketones (excluding diaryl/α,β-unsaturated/α-hetero) is 1. The van der Waals surface area contributed by atoms with Gasteiger partial charge in [0.15, 0.2) is 5.78 Å². The number of carbonyl (C=O) groups is 1. The van der Waals surface area contributed by atoms with Crippen molar-refractivity contribution in [3.05, 3.63) is 70.5 Å². The Kier molecular flexibility index (Phi) is 3.56. The first kappa shape index (κ1) is 12.5. The van der Waals surface area contributed by atoms with Gasteiger partial charge in [-0.15, -0.1) is 0 Å². The van der Waals surface area contributed by atoms with Gasteiger partial charge in [0.25, 0.3) is 0 Å². The third kappa shape index (κ3) is 3.04. The molecule has 0 fully saturated rings. The zero-order valence-electron chi connectivity index (χ0n) is 10.5. The van der Waals surface area contributed by atoms with E-state index in [0.29, 0.717) is 12.0 Å². The Morgan fingerprint density at radius 1 is 1.00 bits per heavy atom. The third-order valence-electron chi connectivity index (χ3n) is 2.81. The Hall–Kier alpha value is -1.96. The predicted molar refractivity (Wildman–Crippen MR) is 70.4 cm³/mol. The summed E-state index contributed by atoms with van der Waals surface area (Å²) < 4.78 is 12.8. The highest BCUT2D eigenvalue weighted by molar-refractivity contribution is 5.97. The van der Waals surface area contributed by atoms with E-state index in [2.05, 4.69) is 6.07 Å². The summed E-state index contributed by atoms with van der Waals surface area (Å²) in [5.74, 6) is -0.307. The van der Waals surface area contributed by atoms with Crippen LogP contribution in [0.5, 0.6) is 0 Å². The number of benzene rings is 2. The van der Waals surface area contributed by atoms with Gasteiger partial charge in [-0.25, -0.2) is 4.39 Å². The Morgan fingerprint density at radius 3 is 2.11 bits per heavy atom. The average Bonchev–Trinajstić information content (AvgIpc) is 2.28. The van der Waals surface area contributed by atoms with E-state index in [1.54, 1.807) is 0 Å². The summed E-state index contributed by atoms with van der Waals surface area (Å²) >= 11 is 0. The SMILES string of the molecule is Cc1cc(C)cc(CC(=O)c2ccc(F)cc2)c1. The van der Waals surface area contributed by atoms with Crippen molar-refractivity contribution in [1.82, 2.24) is 0 Å². The van der Waals surface area contributed by atoms with E-state index in [-0.39, 0.29) is 11.6 Å². The molecule has 0 spiro atoms. The average molecular weight is 242 g/mol. The maximum atomic E-state index is 12.8. The molecule has 0 saturated heterocycles. The van der Waals surface area contributed by atoms with Gasteiger partial charge in [-0.1, -0.05) is 29.3 Å². The van der Waals surface area contributed by atoms with E-state index in [4.69, 9.17) is 0 Å². The summed E-state index contributed by atoms with van der Waals surface area (Å²) in [7, 11) is 0. The zero-order valence-corrected chi connectivity index (χ0v) is 10.5. The van der Waals surface area contributed by atoms with Gasteiger partial charge >= 0.3 is 0 Å². The van der Waals surface area contributed by atoms with Crippen LogP contribution in [0.25, 0.3) is 0 Å². The summed E-state index contributed by atoms with van der Waals surface area (Å²) in [4.78, 5) is 12.0. The van der Waals surface area contributed by atoms with Crippen LogP contribution in [0.1, 0.15) is 27.0 Å². The van der Waals surface area contributed by atoms with Gasteiger partial charge < -0.3 is 0 Å². The number of rotatable bonds is 3. The van der Waals surface area contributed by atoms with Gasteiger partial charge in [-0.05, 0) is 43.7 Å². The molecule has 0 radical (unpaired) electrons. The lowest BCUT2D eigenvalue weighted by Gasteiger charge is -2.05. The number of hydrogen-bond donors (Lipinski definition) is 0. The first-order valence-electron chi connectivity index (χ1n) is 5.90. The lowest BCUT2D eigenvalue weighted by atomic mass is 10.00. The van der Waals surface area contributed by atoms with Crippen LogP contribution in [0.2, 0.25) is 0 Å². The van der Waals surface area contributed by atoms with Crippen molar-refractivity contribution >= 4 is 5.78 Å². The molecule has 0 N–H and O–H groups in total. The number of ketones is 1. The topological polar surface area (TPSA) is 17.1 Å². The summed E-state index contributed by atoms with van der Waals surface area (Å²) in [5, 5.41) is 0. The molecule has 2 aromatic carbocycles. The number of halogens is 1. The number of aryl methyl sites for hydroxylation is 2. The van der Waals surface area contributed by atoms with Crippen molar-refractivity contribution in [2.75, 3.05) is 0 Å². The second-order valence-corrected chi connectivity index (χ2v) is 4.60. The lowest BCUT2D eigenvalue weighted by molar-refractivity contribution is 0.0993. The van der Waals surface area contributed by atoms with Gasteiger partial charge in [-0.2, -0.15) is 0 Å². The Labute approximate surface area is 106 Å². The molecule has 0 atom stereocenters. The minimum Gasteiger partial charge on any atom is -0.294 e. The largest absolute Gasteiger partial charge is 0.294 e. The fraction of sp³-hybridized carbons (Fsp3) is 0.188. The maximum Gasteiger partial charge on any atom is 0.167 e. The van der Waals surface area contributed by atoms with E-state index < -0.39 is 0 Å². The van der Waals surface area contributed by atoms with E-state index in [0.717, 1.165) is 16.7 Å². The summed E-state index contributed by atoms with van der Waals surface area (Å²) in [6.07, 6.45) is 0.355. The van der Waals surface area contributed by atoms with E-state index in [9.17, 15) is 9.18 Å². The van der Waals surface area contributed by atoms with Gasteiger partial charge in [0.2, 0.25) is 0 Å². The molecule has 18 heavy (non-hydrogen) atoms. The van der Waals surface area contributed by atoms with Crippen molar-refractivity contribution in [2.24, 2.45) is 0 Å². The molecule has 92 valence electrons. The molecule has 0 aromatic heterocycles. The summed E-state index contributed by atoms with van der Waals surface area (Å²) in [6, 6.07) is 11.8. The first-order valence-corrected chi connectivity index (χ1v) is 5.90. The molecule has 2 heteroatoms. The molecular weight excluding hydrogens is 227 g/mol. The van der Waals surface area contributed by atoms with Crippen molar-refractivity contribution in [2.45, 2.75) is 20.3 Å². The van der Waals surface area contributed by atoms with Gasteiger partial charge in [0, 0.05) is 12.0 Å². The van der Waals surface area contributed by atoms with E-state index in [1.165, 1.54) is 24.3 Å². The lowest BCUT2D eigenvalue weighted by Crippen LogP contribution is -2.04. The second kappa shape index (κ2) is 5.13. The van der Waals surface area contributed by atoms with Crippen LogP contribution in [-0.2, 0) is 6.42 Å². The van der Waals surface area contributed by atoms with Crippen molar-refractivity contribution in [3.63, 3.8) is 0 Å². The van der Waals surface area contributed by atoms with Gasteiger partial charge in [0.1, 0.15) is 5.82 Å². The van der Waals surface area contributed by atoms with Crippen molar-refractivity contribution in [3.8, 4) is 0 Å². The first-order chi connectivity index (χ1) is 8.54. The highest BCUT2D eigenvalue weighted by atomic mass is 19.1. The van der Waals surface area contributed by atoms with Crippen LogP contribution >= 0.6 is 0 Å². The highest BCUT2D eigenvalue weighted by Crippen LogP contribution is 2.12. The molecule has 0 aliphatic heterocycles. The van der Waals surface area contributed by atoms with Crippen molar-refractivity contribution < 1.29 is 9.18 Å². The molecule has 0 aliphatic carbocycles. The van der Waals surface area contributed by atoms with Gasteiger partial charge in [-0.3, -0.25) is 4.79 Å². The Balaban J connectivity index is 2.18. The monoisotopic (exact) mass is 242 g/mol. The molecule has 0 heterocycles. The molecule has 0 amide bonds. The third-order valence-corrected chi connectivity index (χ3v) is 2.81. The number of hydrogen-bond acceptors (Lipinski definition) is 1. The molecule has 0 bridgehead atoms. The normalized spacial score (nSPS) is 10.4. The number of carbonyl (C=O) groups excluding carboxylic acids is 1. The quantitative estimate of drug-likeness (QED) is 0.747. The summed E-state index contributed by atoms with van der Waals surface area (Å²) in [6.45, 7) is 4.03. The predicted octanol–water partition coefficient (Wildman–Crippen LogP) is 3.87. The Morgan fingerprint density at radius 2 is 1.56 bits per heavy atom. The standard InChI is InChI=1S/C16H15FO/c1-11-7-12(2)9-13(8-11)10-16(18)14-3-5-15(17)6-4-14/h3-9H,10H2,1-2H3. The molecular formula is C16H15FO. The minimum absolute atomic E-state index is 0.0139. The fourth-order valence-electron chi connectivity index (χ4n) is 2.09. The molecule has 1 nitrogen and oxygen atoms in total. The molecule has 0 unspecified atom stereocenters. The summed E-state index contributed by atoms with van der Waals surface area (Å²) in [5.41, 5.74) is 3.85. The van der Waals surface area contributed by atoms with Crippen LogP contribution in [0.4, 0.5) is 4.39 Å². The molecule has 0 saturated carbocycles. The van der Waals surface area contributed by atoms with Crippen LogP contribution < -0.4 is 0 Å². The van der Waals surface area contributed by atoms with Crippen LogP contribution in [0.15, 0.2) is 42.5 Å². The maximum absolute atomic E-state index is 12.8. The zero-order chi connectivity index (χ0) is 13.1. The fourth-order valence-corrected chi connectivity index (χ4v) is 2.09. The smallest absolute Gasteiger partial charge is 0.167 e. The Bertz CT molecular complexity index is 550. The minimum atomic E-state index is -0.321. The molecule has 2 aromatic rings. The van der Waals surface area contributed by atoms with Crippen LogP contribution in [-0.4, -0.2) is 5.78 Å². The molecule has 0 aliphatic rings. The van der Waals surface area contributed by atoms with Crippen molar-refractivity contribution in [1.29, 1.82) is 0 Å². The van der Waals surface area contributed by atoms with E-state index >= 15 is 0 Å². The highest BCUT2D eigenvalue weighted by Gasteiger charge is 2.07. The molecule has 2 rings (SSSR count). The van der Waals surface area contributed by atoms with Gasteiger partial charge in [0.05, 0.1) is 0 Å². The van der Waals surface area contributed by atoms with E-state index in [1.807, 2.05) is 26.0 Å².